The van der Waals surface area contributed by atoms with E-state index in [4.69, 9.17) is 9.72 Å². The number of hydrogen-bond acceptors (Lipinski definition) is 5. The summed E-state index contributed by atoms with van der Waals surface area (Å²) >= 11 is 0. The number of nitrogens with zero attached hydrogens (tertiary/aromatic N) is 4. The summed E-state index contributed by atoms with van der Waals surface area (Å²) in [5.41, 5.74) is 2.11. The standard InChI is InChI=1S/C15H26N4O/c1-4-13-14(5-2)17-18-15(16-13)19-9-7-8-12(10-19)11-20-6-3/h12H,4-11H2,1-3H3. The number of anilines is 1. The van der Waals surface area contributed by atoms with Gasteiger partial charge in [-0.15, -0.1) is 5.10 Å². The molecule has 0 N–H and O–H groups in total. The maximum absolute atomic E-state index is 5.56. The Kier molecular flexibility index (Phi) is 5.71. The van der Waals surface area contributed by atoms with Crippen LogP contribution in [0, 0.1) is 5.92 Å². The van der Waals surface area contributed by atoms with E-state index in [2.05, 4.69) is 28.9 Å². The van der Waals surface area contributed by atoms with Crippen LogP contribution in [0.5, 0.6) is 0 Å². The minimum Gasteiger partial charge on any atom is -0.381 e. The zero-order chi connectivity index (χ0) is 14.4. The van der Waals surface area contributed by atoms with Crippen molar-refractivity contribution in [3.8, 4) is 0 Å². The van der Waals surface area contributed by atoms with Crippen LogP contribution in [0.1, 0.15) is 45.0 Å². The lowest BCUT2D eigenvalue weighted by Crippen LogP contribution is -2.38. The highest BCUT2D eigenvalue weighted by atomic mass is 16.5. The highest BCUT2D eigenvalue weighted by Gasteiger charge is 2.22. The largest absolute Gasteiger partial charge is 0.381 e. The van der Waals surface area contributed by atoms with Crippen LogP contribution in [0.2, 0.25) is 0 Å². The average Bonchev–Trinajstić information content (AvgIpc) is 2.52. The number of aryl methyl sites for hydroxylation is 2. The number of hydrogen-bond donors (Lipinski definition) is 0. The molecule has 0 amide bonds. The average molecular weight is 278 g/mol. The van der Waals surface area contributed by atoms with Crippen LogP contribution in [0.15, 0.2) is 0 Å². The summed E-state index contributed by atoms with van der Waals surface area (Å²) < 4.78 is 5.56. The first-order valence-electron chi connectivity index (χ1n) is 7.83. The lowest BCUT2D eigenvalue weighted by atomic mass is 9.99. The van der Waals surface area contributed by atoms with E-state index in [-0.39, 0.29) is 0 Å². The second-order valence-electron chi connectivity index (χ2n) is 5.33. The van der Waals surface area contributed by atoms with Gasteiger partial charge in [-0.05, 0) is 38.5 Å². The Labute approximate surface area is 121 Å². The van der Waals surface area contributed by atoms with Crippen LogP contribution in [0.25, 0.3) is 0 Å². The van der Waals surface area contributed by atoms with E-state index in [0.29, 0.717) is 5.92 Å². The second-order valence-corrected chi connectivity index (χ2v) is 5.33. The van der Waals surface area contributed by atoms with Crippen molar-refractivity contribution in [2.45, 2.75) is 46.5 Å². The molecule has 0 radical (unpaired) electrons. The number of aromatic nitrogens is 3. The van der Waals surface area contributed by atoms with Gasteiger partial charge in [-0.25, -0.2) is 4.98 Å². The normalized spacial score (nSPS) is 19.4. The fourth-order valence-corrected chi connectivity index (χ4v) is 2.73. The molecule has 1 fully saturated rings. The summed E-state index contributed by atoms with van der Waals surface area (Å²) in [5, 5.41) is 8.67. The highest BCUT2D eigenvalue weighted by Crippen LogP contribution is 2.21. The molecule has 0 spiro atoms. The van der Waals surface area contributed by atoms with Crippen LogP contribution in [0.4, 0.5) is 5.95 Å². The molecule has 1 saturated heterocycles. The molecule has 1 aromatic heterocycles. The van der Waals surface area contributed by atoms with Gasteiger partial charge in [-0.1, -0.05) is 13.8 Å². The van der Waals surface area contributed by atoms with E-state index in [1.807, 2.05) is 6.92 Å². The Morgan fingerprint density at radius 2 is 1.95 bits per heavy atom. The fraction of sp³-hybridized carbons (Fsp3) is 0.800. The lowest BCUT2D eigenvalue weighted by molar-refractivity contribution is 0.104. The van der Waals surface area contributed by atoms with Crippen LogP contribution in [-0.4, -0.2) is 41.5 Å². The maximum Gasteiger partial charge on any atom is 0.245 e. The summed E-state index contributed by atoms with van der Waals surface area (Å²) in [4.78, 5) is 6.97. The second kappa shape index (κ2) is 7.53. The molecule has 1 aliphatic rings. The Balaban J connectivity index is 2.06. The van der Waals surface area contributed by atoms with Gasteiger partial charge in [0, 0.05) is 19.7 Å². The van der Waals surface area contributed by atoms with Gasteiger partial charge in [0.2, 0.25) is 5.95 Å². The van der Waals surface area contributed by atoms with Gasteiger partial charge in [0.05, 0.1) is 18.0 Å². The van der Waals surface area contributed by atoms with Crippen molar-refractivity contribution in [1.29, 1.82) is 0 Å². The molecule has 112 valence electrons. The summed E-state index contributed by atoms with van der Waals surface area (Å²) in [6.07, 6.45) is 4.23. The van der Waals surface area contributed by atoms with Crippen LogP contribution in [-0.2, 0) is 17.6 Å². The molecule has 5 nitrogen and oxygen atoms in total. The van der Waals surface area contributed by atoms with E-state index >= 15 is 0 Å². The third-order valence-corrected chi connectivity index (χ3v) is 3.86. The van der Waals surface area contributed by atoms with Crippen molar-refractivity contribution in [2.24, 2.45) is 5.92 Å². The van der Waals surface area contributed by atoms with Crippen molar-refractivity contribution >= 4 is 5.95 Å². The minimum absolute atomic E-state index is 0.586. The number of piperidine rings is 1. The molecular formula is C15H26N4O. The van der Waals surface area contributed by atoms with Gasteiger partial charge >= 0.3 is 0 Å². The van der Waals surface area contributed by atoms with Gasteiger partial charge in [0.15, 0.2) is 0 Å². The Bertz CT molecular complexity index is 424. The van der Waals surface area contributed by atoms with Gasteiger partial charge in [0.1, 0.15) is 0 Å². The lowest BCUT2D eigenvalue weighted by Gasteiger charge is -2.32. The van der Waals surface area contributed by atoms with Crippen molar-refractivity contribution < 1.29 is 4.74 Å². The predicted octanol–water partition coefficient (Wildman–Crippen LogP) is 2.25. The minimum atomic E-state index is 0.586. The molecule has 0 aliphatic carbocycles. The Hall–Kier alpha value is -1.23. The van der Waals surface area contributed by atoms with Gasteiger partial charge in [-0.2, -0.15) is 5.10 Å². The van der Waals surface area contributed by atoms with Gasteiger partial charge in [0.25, 0.3) is 0 Å². The molecular weight excluding hydrogens is 252 g/mol. The number of rotatable bonds is 6. The fourth-order valence-electron chi connectivity index (χ4n) is 2.73. The maximum atomic E-state index is 5.56. The van der Waals surface area contributed by atoms with E-state index in [0.717, 1.165) is 56.5 Å². The molecule has 1 aliphatic heterocycles. The monoisotopic (exact) mass is 278 g/mol. The van der Waals surface area contributed by atoms with Crippen LogP contribution >= 0.6 is 0 Å². The first-order valence-corrected chi connectivity index (χ1v) is 7.83. The molecule has 2 rings (SSSR count). The molecule has 0 bridgehead atoms. The van der Waals surface area contributed by atoms with Crippen molar-refractivity contribution in [3.63, 3.8) is 0 Å². The zero-order valence-corrected chi connectivity index (χ0v) is 12.9. The third kappa shape index (κ3) is 3.66. The van der Waals surface area contributed by atoms with Crippen LogP contribution in [0.3, 0.4) is 0 Å². The smallest absolute Gasteiger partial charge is 0.245 e. The van der Waals surface area contributed by atoms with Crippen molar-refractivity contribution in [1.82, 2.24) is 15.2 Å². The SMILES string of the molecule is CCOCC1CCCN(c2nnc(CC)c(CC)n2)C1. The van der Waals surface area contributed by atoms with E-state index in [1.165, 1.54) is 12.8 Å². The molecule has 1 aromatic rings. The third-order valence-electron chi connectivity index (χ3n) is 3.86. The number of ether oxygens (including phenoxy) is 1. The summed E-state index contributed by atoms with van der Waals surface area (Å²) in [5.74, 6) is 1.38. The van der Waals surface area contributed by atoms with E-state index in [9.17, 15) is 0 Å². The molecule has 2 heterocycles. The highest BCUT2D eigenvalue weighted by molar-refractivity contribution is 5.31. The molecule has 1 atom stereocenters. The topological polar surface area (TPSA) is 51.1 Å². The van der Waals surface area contributed by atoms with E-state index in [1.54, 1.807) is 0 Å². The quantitative estimate of drug-likeness (QED) is 0.799. The summed E-state index contributed by atoms with van der Waals surface area (Å²) in [6.45, 7) is 9.91. The predicted molar refractivity (Wildman–Crippen MR) is 80.0 cm³/mol. The zero-order valence-electron chi connectivity index (χ0n) is 12.9. The molecule has 0 saturated carbocycles. The molecule has 1 unspecified atom stereocenters. The first-order chi connectivity index (χ1) is 9.78. The van der Waals surface area contributed by atoms with Gasteiger partial charge in [-0.3, -0.25) is 0 Å². The van der Waals surface area contributed by atoms with Crippen molar-refractivity contribution in [2.75, 3.05) is 31.2 Å². The van der Waals surface area contributed by atoms with Gasteiger partial charge < -0.3 is 9.64 Å². The Morgan fingerprint density at radius 3 is 2.65 bits per heavy atom. The van der Waals surface area contributed by atoms with Crippen molar-refractivity contribution in [3.05, 3.63) is 11.4 Å². The molecule has 20 heavy (non-hydrogen) atoms. The van der Waals surface area contributed by atoms with Crippen LogP contribution < -0.4 is 4.90 Å². The Morgan fingerprint density at radius 1 is 1.15 bits per heavy atom. The summed E-state index contributed by atoms with van der Waals surface area (Å²) in [7, 11) is 0. The molecule has 5 heteroatoms. The summed E-state index contributed by atoms with van der Waals surface area (Å²) in [6, 6.07) is 0. The van der Waals surface area contributed by atoms with E-state index < -0.39 is 0 Å². The molecule has 0 aromatic carbocycles. The first kappa shape index (κ1) is 15.2.